The number of carbonyl (C=O) groups is 1. The fraction of sp³-hybridized carbons (Fsp3) is 0.143. The third-order valence-corrected chi connectivity index (χ3v) is 4.36. The number of nitrogens with zero attached hydrogens (tertiary/aromatic N) is 1. The van der Waals surface area contributed by atoms with E-state index in [1.54, 1.807) is 6.07 Å². The van der Waals surface area contributed by atoms with Crippen LogP contribution in [-0.2, 0) is 6.42 Å². The van der Waals surface area contributed by atoms with Crippen LogP contribution in [0.25, 0.3) is 21.8 Å². The van der Waals surface area contributed by atoms with Crippen LogP contribution in [0.4, 0.5) is 4.39 Å². The average Bonchev–Trinajstić information content (AvgIpc) is 3.04. The number of aryl methyl sites for hydroxylation is 1. The molecule has 0 bridgehead atoms. The smallest absolute Gasteiger partial charge is 0.251 e. The predicted octanol–water partition coefficient (Wildman–Crippen LogP) is 4.22. The Bertz CT molecular complexity index is 1030. The molecule has 0 saturated carbocycles. The molecule has 0 aliphatic carbocycles. The number of carbonyl (C=O) groups excluding carboxylic acids is 1. The third kappa shape index (κ3) is 3.42. The monoisotopic (exact) mass is 347 g/mol. The molecule has 4 rings (SSSR count). The summed E-state index contributed by atoms with van der Waals surface area (Å²) in [6.45, 7) is 0.508. The van der Waals surface area contributed by atoms with Crippen molar-refractivity contribution in [2.45, 2.75) is 12.8 Å². The number of hydrogen-bond donors (Lipinski definition) is 2. The van der Waals surface area contributed by atoms with E-state index in [0.717, 1.165) is 29.7 Å². The highest BCUT2D eigenvalue weighted by Gasteiger charge is 2.07. The molecule has 130 valence electrons. The first-order chi connectivity index (χ1) is 12.7. The Morgan fingerprint density at radius 2 is 1.85 bits per heavy atom. The van der Waals surface area contributed by atoms with Crippen molar-refractivity contribution in [1.82, 2.24) is 15.3 Å². The molecule has 5 heteroatoms. The van der Waals surface area contributed by atoms with Gasteiger partial charge in [0, 0.05) is 18.5 Å². The van der Waals surface area contributed by atoms with Crippen molar-refractivity contribution < 1.29 is 9.18 Å². The average molecular weight is 347 g/mol. The van der Waals surface area contributed by atoms with Gasteiger partial charge in [0.1, 0.15) is 11.6 Å². The summed E-state index contributed by atoms with van der Waals surface area (Å²) in [6.07, 6.45) is 1.48. The number of fused-ring (bicyclic) bond motifs is 2. The second-order valence-corrected chi connectivity index (χ2v) is 6.27. The second kappa shape index (κ2) is 6.96. The van der Waals surface area contributed by atoms with Crippen molar-refractivity contribution in [2.75, 3.05) is 6.54 Å². The van der Waals surface area contributed by atoms with E-state index in [2.05, 4.69) is 39.6 Å². The van der Waals surface area contributed by atoms with Crippen LogP contribution in [0.1, 0.15) is 22.6 Å². The molecule has 4 aromatic rings. The van der Waals surface area contributed by atoms with Gasteiger partial charge in [-0.1, -0.05) is 30.3 Å². The van der Waals surface area contributed by atoms with Gasteiger partial charge < -0.3 is 10.3 Å². The Kier molecular flexibility index (Phi) is 4.35. The molecule has 0 aliphatic heterocycles. The summed E-state index contributed by atoms with van der Waals surface area (Å²) in [5.41, 5.74) is 2.30. The summed E-state index contributed by atoms with van der Waals surface area (Å²) < 4.78 is 13.1. The summed E-state index contributed by atoms with van der Waals surface area (Å²) >= 11 is 0. The Morgan fingerprint density at radius 3 is 2.65 bits per heavy atom. The van der Waals surface area contributed by atoms with Crippen LogP contribution in [-0.4, -0.2) is 22.4 Å². The normalized spacial score (nSPS) is 11.1. The van der Waals surface area contributed by atoms with Crippen LogP contribution < -0.4 is 5.32 Å². The highest BCUT2D eigenvalue weighted by molar-refractivity contribution is 5.95. The summed E-state index contributed by atoms with van der Waals surface area (Å²) in [7, 11) is 0. The van der Waals surface area contributed by atoms with Crippen LogP contribution in [0.15, 0.2) is 60.7 Å². The van der Waals surface area contributed by atoms with Crippen LogP contribution in [0, 0.1) is 5.82 Å². The standard InChI is InChI=1S/C21H18FN3O/c22-17-8-3-7-16(11-17)21(26)23-10-4-9-20-24-18-12-14-5-1-2-6-15(14)13-19(18)25-20/h1-3,5-8,11-13H,4,9-10H2,(H,23,26)(H,24,25). The van der Waals surface area contributed by atoms with E-state index in [0.29, 0.717) is 12.1 Å². The van der Waals surface area contributed by atoms with Crippen molar-refractivity contribution in [3.05, 3.63) is 77.9 Å². The first-order valence-corrected chi connectivity index (χ1v) is 8.60. The third-order valence-electron chi connectivity index (χ3n) is 4.36. The minimum absolute atomic E-state index is 0.264. The summed E-state index contributed by atoms with van der Waals surface area (Å²) in [5, 5.41) is 5.15. The van der Waals surface area contributed by atoms with Gasteiger partial charge >= 0.3 is 0 Å². The molecule has 0 aliphatic rings. The SMILES string of the molecule is O=C(NCCCc1nc2cc3ccccc3cc2[nH]1)c1cccc(F)c1. The molecular formula is C21H18FN3O. The Morgan fingerprint density at radius 1 is 1.04 bits per heavy atom. The molecule has 1 aromatic heterocycles. The summed E-state index contributed by atoms with van der Waals surface area (Å²) in [4.78, 5) is 20.0. The quantitative estimate of drug-likeness (QED) is 0.531. The van der Waals surface area contributed by atoms with Crippen LogP contribution >= 0.6 is 0 Å². The lowest BCUT2D eigenvalue weighted by atomic mass is 10.1. The lowest BCUT2D eigenvalue weighted by molar-refractivity contribution is 0.0952. The largest absolute Gasteiger partial charge is 0.352 e. The first kappa shape index (κ1) is 16.3. The molecule has 0 unspecified atom stereocenters. The zero-order valence-corrected chi connectivity index (χ0v) is 14.1. The van der Waals surface area contributed by atoms with Crippen molar-refractivity contribution in [2.24, 2.45) is 0 Å². The molecule has 1 amide bonds. The zero-order valence-electron chi connectivity index (χ0n) is 14.1. The van der Waals surface area contributed by atoms with E-state index in [-0.39, 0.29) is 5.91 Å². The number of aromatic amines is 1. The van der Waals surface area contributed by atoms with Gasteiger partial charge in [0.15, 0.2) is 0 Å². The molecular weight excluding hydrogens is 329 g/mol. The summed E-state index contributed by atoms with van der Waals surface area (Å²) in [6, 6.07) is 18.1. The van der Waals surface area contributed by atoms with Crippen molar-refractivity contribution >= 4 is 27.7 Å². The maximum atomic E-state index is 13.1. The number of benzene rings is 3. The molecule has 26 heavy (non-hydrogen) atoms. The van der Waals surface area contributed by atoms with Crippen molar-refractivity contribution in [3.8, 4) is 0 Å². The fourth-order valence-corrected chi connectivity index (χ4v) is 3.06. The fourth-order valence-electron chi connectivity index (χ4n) is 3.06. The lowest BCUT2D eigenvalue weighted by Crippen LogP contribution is -2.24. The molecule has 0 spiro atoms. The molecule has 4 nitrogen and oxygen atoms in total. The molecule has 0 fully saturated rings. The van der Waals surface area contributed by atoms with Gasteiger partial charge in [-0.2, -0.15) is 0 Å². The van der Waals surface area contributed by atoms with E-state index >= 15 is 0 Å². The highest BCUT2D eigenvalue weighted by atomic mass is 19.1. The van der Waals surface area contributed by atoms with Crippen LogP contribution in [0.2, 0.25) is 0 Å². The lowest BCUT2D eigenvalue weighted by Gasteiger charge is -2.04. The number of halogens is 1. The number of aromatic nitrogens is 2. The Labute approximate surface area is 150 Å². The molecule has 3 aromatic carbocycles. The summed E-state index contributed by atoms with van der Waals surface area (Å²) in [5.74, 6) is 0.225. The van der Waals surface area contributed by atoms with Crippen molar-refractivity contribution in [1.29, 1.82) is 0 Å². The van der Waals surface area contributed by atoms with Gasteiger partial charge in [0.2, 0.25) is 0 Å². The number of H-pyrrole nitrogens is 1. The van der Waals surface area contributed by atoms with Gasteiger partial charge in [-0.25, -0.2) is 9.37 Å². The van der Waals surface area contributed by atoms with Gasteiger partial charge in [0.05, 0.1) is 11.0 Å². The van der Waals surface area contributed by atoms with E-state index < -0.39 is 5.82 Å². The van der Waals surface area contributed by atoms with E-state index in [4.69, 9.17) is 0 Å². The van der Waals surface area contributed by atoms with E-state index in [9.17, 15) is 9.18 Å². The molecule has 1 heterocycles. The minimum Gasteiger partial charge on any atom is -0.352 e. The molecule has 0 saturated heterocycles. The van der Waals surface area contributed by atoms with E-state index in [1.165, 1.54) is 29.0 Å². The first-order valence-electron chi connectivity index (χ1n) is 8.60. The van der Waals surface area contributed by atoms with Crippen LogP contribution in [0.5, 0.6) is 0 Å². The van der Waals surface area contributed by atoms with Gasteiger partial charge in [-0.05, 0) is 47.5 Å². The second-order valence-electron chi connectivity index (χ2n) is 6.27. The predicted molar refractivity (Wildman–Crippen MR) is 101 cm³/mol. The Balaban J connectivity index is 1.37. The number of amides is 1. The number of imidazole rings is 1. The number of hydrogen-bond acceptors (Lipinski definition) is 2. The molecule has 0 atom stereocenters. The maximum Gasteiger partial charge on any atom is 0.251 e. The van der Waals surface area contributed by atoms with Gasteiger partial charge in [-0.15, -0.1) is 0 Å². The number of rotatable bonds is 5. The topological polar surface area (TPSA) is 57.8 Å². The maximum absolute atomic E-state index is 13.1. The minimum atomic E-state index is -0.410. The van der Waals surface area contributed by atoms with E-state index in [1.807, 2.05) is 12.1 Å². The Hall–Kier alpha value is -3.21. The van der Waals surface area contributed by atoms with Gasteiger partial charge in [0.25, 0.3) is 5.91 Å². The zero-order chi connectivity index (χ0) is 17.9. The van der Waals surface area contributed by atoms with Crippen LogP contribution in [0.3, 0.4) is 0 Å². The van der Waals surface area contributed by atoms with Gasteiger partial charge in [-0.3, -0.25) is 4.79 Å². The molecule has 2 N–H and O–H groups in total. The highest BCUT2D eigenvalue weighted by Crippen LogP contribution is 2.21. The number of nitrogens with one attached hydrogen (secondary N) is 2. The molecule has 0 radical (unpaired) electrons. The van der Waals surface area contributed by atoms with Crippen molar-refractivity contribution in [3.63, 3.8) is 0 Å².